The van der Waals surface area contributed by atoms with Crippen molar-refractivity contribution in [2.45, 2.75) is 6.92 Å². The fourth-order valence-electron chi connectivity index (χ4n) is 2.15. The molecule has 1 aromatic heterocycles. The van der Waals surface area contributed by atoms with Crippen molar-refractivity contribution in [1.29, 1.82) is 10.5 Å². The van der Waals surface area contributed by atoms with Gasteiger partial charge in [0.15, 0.2) is 18.1 Å². The number of pyridine rings is 1. The average molecular weight is 295 g/mol. The molecule has 2 rings (SSSR count). The molecule has 0 saturated heterocycles. The molecule has 0 saturated carbocycles. The topological polar surface area (TPSA) is 98.9 Å². The van der Waals surface area contributed by atoms with Crippen LogP contribution in [-0.4, -0.2) is 18.7 Å². The summed E-state index contributed by atoms with van der Waals surface area (Å²) in [5.41, 5.74) is 1.11. The van der Waals surface area contributed by atoms with E-state index >= 15 is 0 Å². The lowest BCUT2D eigenvalue weighted by molar-refractivity contribution is 0.331. The number of nitrogens with one attached hydrogen (secondary N) is 1. The van der Waals surface area contributed by atoms with Crippen LogP contribution in [0.1, 0.15) is 11.3 Å². The van der Waals surface area contributed by atoms with E-state index in [1.807, 2.05) is 12.1 Å². The van der Waals surface area contributed by atoms with Gasteiger partial charge in [-0.05, 0) is 19.1 Å². The monoisotopic (exact) mass is 295 g/mol. The van der Waals surface area contributed by atoms with E-state index in [4.69, 9.17) is 14.7 Å². The minimum atomic E-state index is -0.466. The lowest BCUT2D eigenvalue weighted by Gasteiger charge is -2.14. The lowest BCUT2D eigenvalue weighted by Crippen LogP contribution is -2.13. The summed E-state index contributed by atoms with van der Waals surface area (Å²) in [6.45, 7) is 1.56. The van der Waals surface area contributed by atoms with Crippen LogP contribution in [0.5, 0.6) is 11.5 Å². The summed E-state index contributed by atoms with van der Waals surface area (Å²) in [7, 11) is 1.48. The van der Waals surface area contributed by atoms with Crippen LogP contribution in [0.15, 0.2) is 29.1 Å². The number of aromatic nitrogens is 1. The highest BCUT2D eigenvalue weighted by atomic mass is 16.5. The third-order valence-corrected chi connectivity index (χ3v) is 3.05. The number of hydrogen-bond donors (Lipinski definition) is 1. The van der Waals surface area contributed by atoms with Gasteiger partial charge in [-0.1, -0.05) is 12.1 Å². The van der Waals surface area contributed by atoms with Crippen molar-refractivity contribution in [2.24, 2.45) is 0 Å². The fraction of sp³-hybridized carbons (Fsp3) is 0.188. The molecule has 1 heterocycles. The Morgan fingerprint density at radius 3 is 2.68 bits per heavy atom. The number of methoxy groups -OCH3 is 1. The Morgan fingerprint density at radius 2 is 2.05 bits per heavy atom. The third-order valence-electron chi connectivity index (χ3n) is 3.05. The molecule has 0 amide bonds. The molecule has 0 aliphatic heterocycles. The molecule has 1 N–H and O–H groups in total. The molecule has 0 aliphatic carbocycles. The van der Waals surface area contributed by atoms with Crippen molar-refractivity contribution in [3.8, 4) is 34.8 Å². The highest BCUT2D eigenvalue weighted by molar-refractivity contribution is 5.78. The Kier molecular flexibility index (Phi) is 4.45. The SMILES string of the molecule is COc1cccc(-c2cc(C)[nH]c(=O)c2C#N)c1OCC#N. The van der Waals surface area contributed by atoms with Crippen molar-refractivity contribution in [3.63, 3.8) is 0 Å². The number of benzene rings is 1. The van der Waals surface area contributed by atoms with E-state index in [0.29, 0.717) is 28.3 Å². The maximum absolute atomic E-state index is 11.9. The number of ether oxygens (including phenoxy) is 2. The zero-order valence-corrected chi connectivity index (χ0v) is 12.1. The molecule has 1 aromatic carbocycles. The van der Waals surface area contributed by atoms with Gasteiger partial charge in [-0.2, -0.15) is 10.5 Å². The molecule has 2 aromatic rings. The van der Waals surface area contributed by atoms with Gasteiger partial charge in [-0.3, -0.25) is 4.79 Å². The maximum Gasteiger partial charge on any atom is 0.266 e. The molecule has 0 aliphatic rings. The van der Waals surface area contributed by atoms with E-state index in [-0.39, 0.29) is 12.2 Å². The summed E-state index contributed by atoms with van der Waals surface area (Å²) in [4.78, 5) is 14.5. The predicted octanol–water partition coefficient (Wildman–Crippen LogP) is 2.13. The molecule has 110 valence electrons. The van der Waals surface area contributed by atoms with Gasteiger partial charge in [0.25, 0.3) is 5.56 Å². The Bertz CT molecular complexity index is 841. The number of H-pyrrole nitrogens is 1. The molecule has 0 unspecified atom stereocenters. The van der Waals surface area contributed by atoms with E-state index < -0.39 is 5.56 Å². The van der Waals surface area contributed by atoms with Crippen molar-refractivity contribution in [1.82, 2.24) is 4.98 Å². The van der Waals surface area contributed by atoms with Crippen LogP contribution in [0.25, 0.3) is 11.1 Å². The summed E-state index contributed by atoms with van der Waals surface area (Å²) >= 11 is 0. The van der Waals surface area contributed by atoms with Crippen molar-refractivity contribution in [3.05, 3.63) is 45.9 Å². The zero-order chi connectivity index (χ0) is 16.1. The van der Waals surface area contributed by atoms with Crippen LogP contribution in [0.2, 0.25) is 0 Å². The number of para-hydroxylation sites is 1. The minimum absolute atomic E-state index is 0.0133. The summed E-state index contributed by atoms with van der Waals surface area (Å²) in [6.07, 6.45) is 0. The Balaban J connectivity index is 2.76. The summed E-state index contributed by atoms with van der Waals surface area (Å²) in [5, 5.41) is 18.0. The highest BCUT2D eigenvalue weighted by Crippen LogP contribution is 2.38. The Hall–Kier alpha value is -3.25. The zero-order valence-electron chi connectivity index (χ0n) is 12.1. The van der Waals surface area contributed by atoms with Crippen molar-refractivity contribution < 1.29 is 9.47 Å². The lowest BCUT2D eigenvalue weighted by atomic mass is 9.99. The Labute approximate surface area is 127 Å². The smallest absolute Gasteiger partial charge is 0.266 e. The van der Waals surface area contributed by atoms with Gasteiger partial charge in [0.2, 0.25) is 0 Å². The van der Waals surface area contributed by atoms with Crippen LogP contribution >= 0.6 is 0 Å². The number of nitriles is 2. The van der Waals surface area contributed by atoms with Gasteiger partial charge in [0.1, 0.15) is 17.7 Å². The number of aryl methyl sites for hydroxylation is 1. The van der Waals surface area contributed by atoms with Gasteiger partial charge >= 0.3 is 0 Å². The van der Waals surface area contributed by atoms with Gasteiger partial charge in [-0.25, -0.2) is 0 Å². The maximum atomic E-state index is 11.9. The first-order valence-corrected chi connectivity index (χ1v) is 6.43. The largest absolute Gasteiger partial charge is 0.493 e. The molecule has 6 nitrogen and oxygen atoms in total. The van der Waals surface area contributed by atoms with E-state index in [1.165, 1.54) is 7.11 Å². The van der Waals surface area contributed by atoms with E-state index in [1.54, 1.807) is 31.2 Å². The average Bonchev–Trinajstić information content (AvgIpc) is 2.51. The standard InChI is InChI=1S/C16H13N3O3/c1-10-8-12(13(9-18)16(20)19-10)11-4-3-5-14(21-2)15(11)22-7-6-17/h3-5,8H,7H2,1-2H3,(H,19,20). The van der Waals surface area contributed by atoms with Crippen LogP contribution in [0, 0.1) is 29.6 Å². The van der Waals surface area contributed by atoms with Gasteiger partial charge < -0.3 is 14.5 Å². The summed E-state index contributed by atoms with van der Waals surface area (Å²) < 4.78 is 10.7. The number of hydrogen-bond acceptors (Lipinski definition) is 5. The van der Waals surface area contributed by atoms with Crippen molar-refractivity contribution >= 4 is 0 Å². The summed E-state index contributed by atoms with van der Waals surface area (Å²) in [5.74, 6) is 0.752. The molecule has 0 fully saturated rings. The number of rotatable bonds is 4. The molecule has 22 heavy (non-hydrogen) atoms. The van der Waals surface area contributed by atoms with Crippen molar-refractivity contribution in [2.75, 3.05) is 13.7 Å². The van der Waals surface area contributed by atoms with Crippen LogP contribution < -0.4 is 15.0 Å². The highest BCUT2D eigenvalue weighted by Gasteiger charge is 2.17. The second-order valence-electron chi connectivity index (χ2n) is 4.47. The van der Waals surface area contributed by atoms with E-state index in [9.17, 15) is 10.1 Å². The predicted molar refractivity (Wildman–Crippen MR) is 79.6 cm³/mol. The molecule has 0 radical (unpaired) electrons. The first-order chi connectivity index (χ1) is 10.6. The van der Waals surface area contributed by atoms with Gasteiger partial charge in [0, 0.05) is 16.8 Å². The summed E-state index contributed by atoms with van der Waals surface area (Å²) in [6, 6.07) is 10.6. The first kappa shape index (κ1) is 15.1. The second-order valence-corrected chi connectivity index (χ2v) is 4.47. The fourth-order valence-corrected chi connectivity index (χ4v) is 2.15. The van der Waals surface area contributed by atoms with Gasteiger partial charge in [0.05, 0.1) is 7.11 Å². The molecule has 0 atom stereocenters. The van der Waals surface area contributed by atoms with E-state index in [2.05, 4.69) is 4.98 Å². The quantitative estimate of drug-likeness (QED) is 0.931. The minimum Gasteiger partial charge on any atom is -0.493 e. The molecule has 0 bridgehead atoms. The van der Waals surface area contributed by atoms with Crippen LogP contribution in [0.4, 0.5) is 0 Å². The van der Waals surface area contributed by atoms with E-state index in [0.717, 1.165) is 0 Å². The third kappa shape index (κ3) is 2.77. The normalized spacial score (nSPS) is 9.64. The van der Waals surface area contributed by atoms with Crippen LogP contribution in [0.3, 0.4) is 0 Å². The van der Waals surface area contributed by atoms with Gasteiger partial charge in [-0.15, -0.1) is 0 Å². The Morgan fingerprint density at radius 1 is 1.27 bits per heavy atom. The number of nitrogens with zero attached hydrogens (tertiary/aromatic N) is 2. The first-order valence-electron chi connectivity index (χ1n) is 6.43. The molecular weight excluding hydrogens is 282 g/mol. The second kappa shape index (κ2) is 6.47. The van der Waals surface area contributed by atoms with Crippen LogP contribution in [-0.2, 0) is 0 Å². The molecular formula is C16H13N3O3. The molecule has 6 heteroatoms. The number of aromatic amines is 1. The molecule has 0 spiro atoms.